The Labute approximate surface area is 164 Å². The van der Waals surface area contributed by atoms with Gasteiger partial charge in [0.25, 0.3) is 0 Å². The van der Waals surface area contributed by atoms with Crippen LogP contribution in [-0.4, -0.2) is 16.4 Å². The van der Waals surface area contributed by atoms with Crippen LogP contribution in [0.4, 0.5) is 5.82 Å². The van der Waals surface area contributed by atoms with E-state index in [1.165, 1.54) is 11.3 Å². The summed E-state index contributed by atoms with van der Waals surface area (Å²) >= 11 is 0. The van der Waals surface area contributed by atoms with Crippen molar-refractivity contribution in [3.05, 3.63) is 72.1 Å². The van der Waals surface area contributed by atoms with Crippen LogP contribution in [0.5, 0.6) is 0 Å². The number of aromatic nitrogens is 3. The van der Waals surface area contributed by atoms with Crippen molar-refractivity contribution in [1.82, 2.24) is 9.55 Å². The first-order chi connectivity index (χ1) is 13.6. The number of rotatable bonds is 2. The van der Waals surface area contributed by atoms with Crippen molar-refractivity contribution in [3.8, 4) is 5.69 Å². The van der Waals surface area contributed by atoms with Crippen molar-refractivity contribution in [3.63, 3.8) is 0 Å². The van der Waals surface area contributed by atoms with Gasteiger partial charge < -0.3 is 9.23 Å². The van der Waals surface area contributed by atoms with Crippen LogP contribution in [0.2, 0.25) is 6.82 Å². The lowest BCUT2D eigenvalue weighted by atomic mass is 9.54. The molecule has 0 amide bonds. The standard InChI is InChI=1S/C22H22BN4O/c1-15-13-19-21(18-11-8-12-24-22(18)28-19)23(3)27(15)20-14-26(16(2)25(20)4)17-9-6-5-7-10-17/h5-14H,1-4H3/q+1. The van der Waals surface area contributed by atoms with Crippen molar-refractivity contribution in [2.45, 2.75) is 20.7 Å². The molecule has 0 atom stereocenters. The number of pyridine rings is 1. The first kappa shape index (κ1) is 16.9. The molecule has 3 aromatic heterocycles. The van der Waals surface area contributed by atoms with Gasteiger partial charge in [-0.2, -0.15) is 0 Å². The molecule has 5 rings (SSSR count). The Bertz CT molecular complexity index is 1220. The zero-order valence-electron chi connectivity index (χ0n) is 16.5. The molecule has 0 unspecified atom stereocenters. The number of nitrogens with zero attached hydrogens (tertiary/aromatic N) is 4. The lowest BCUT2D eigenvalue weighted by Gasteiger charge is -2.27. The van der Waals surface area contributed by atoms with Crippen molar-refractivity contribution in [2.75, 3.05) is 4.81 Å². The zero-order valence-corrected chi connectivity index (χ0v) is 16.5. The van der Waals surface area contributed by atoms with E-state index in [1.54, 1.807) is 6.20 Å². The van der Waals surface area contributed by atoms with E-state index < -0.39 is 0 Å². The number of furan rings is 1. The monoisotopic (exact) mass is 369 g/mol. The molecule has 0 radical (unpaired) electrons. The van der Waals surface area contributed by atoms with E-state index in [0.717, 1.165) is 28.3 Å². The maximum atomic E-state index is 6.02. The number of hydrogen-bond acceptors (Lipinski definition) is 3. The molecule has 4 heterocycles. The second kappa shape index (κ2) is 6.13. The topological polar surface area (TPSA) is 38.1 Å². The minimum absolute atomic E-state index is 0.141. The van der Waals surface area contributed by atoms with Gasteiger partial charge in [-0.25, -0.2) is 14.1 Å². The van der Waals surface area contributed by atoms with Crippen LogP contribution in [-0.2, 0) is 7.05 Å². The van der Waals surface area contributed by atoms with Crippen LogP contribution in [0.1, 0.15) is 18.5 Å². The van der Waals surface area contributed by atoms with E-state index in [0.29, 0.717) is 5.71 Å². The Kier molecular flexibility index (Phi) is 3.69. The van der Waals surface area contributed by atoms with Gasteiger partial charge in [0.2, 0.25) is 17.4 Å². The first-order valence-electron chi connectivity index (χ1n) is 9.54. The maximum absolute atomic E-state index is 6.02. The highest BCUT2D eigenvalue weighted by Crippen LogP contribution is 2.29. The molecule has 0 bridgehead atoms. The Morgan fingerprint density at radius 2 is 1.86 bits per heavy atom. The third kappa shape index (κ3) is 2.34. The van der Waals surface area contributed by atoms with Crippen molar-refractivity contribution >= 4 is 35.3 Å². The summed E-state index contributed by atoms with van der Waals surface area (Å²) in [4.78, 5) is 6.77. The molecule has 138 valence electrons. The summed E-state index contributed by atoms with van der Waals surface area (Å²) in [7, 11) is 2.12. The van der Waals surface area contributed by atoms with E-state index in [4.69, 9.17) is 4.42 Å². The predicted octanol–water partition coefficient (Wildman–Crippen LogP) is 3.46. The molecule has 0 spiro atoms. The molecule has 0 aliphatic carbocycles. The highest BCUT2D eigenvalue weighted by Gasteiger charge is 2.39. The van der Waals surface area contributed by atoms with Gasteiger partial charge in [0.1, 0.15) is 17.6 Å². The van der Waals surface area contributed by atoms with E-state index in [2.05, 4.69) is 89.3 Å². The molecule has 1 aliphatic heterocycles. The summed E-state index contributed by atoms with van der Waals surface area (Å²) in [5, 5.41) is 1.08. The minimum atomic E-state index is 0.141. The van der Waals surface area contributed by atoms with E-state index >= 15 is 0 Å². The fraction of sp³-hybridized carbons (Fsp3) is 0.182. The van der Waals surface area contributed by atoms with Crippen LogP contribution >= 0.6 is 0 Å². The predicted molar refractivity (Wildman–Crippen MR) is 113 cm³/mol. The Hall–Kier alpha value is -3.28. The molecule has 0 fully saturated rings. The van der Waals surface area contributed by atoms with Gasteiger partial charge in [-0.15, -0.1) is 0 Å². The normalized spacial score (nSPS) is 13.8. The average Bonchev–Trinajstić information content (AvgIpc) is 3.21. The number of anilines is 1. The number of imidazole rings is 1. The zero-order chi connectivity index (χ0) is 19.4. The second-order valence-electron chi connectivity index (χ2n) is 7.37. The van der Waals surface area contributed by atoms with Gasteiger partial charge in [-0.1, -0.05) is 18.2 Å². The molecule has 1 aliphatic rings. The molecule has 4 aromatic rings. The Morgan fingerprint density at radius 1 is 1.07 bits per heavy atom. The summed E-state index contributed by atoms with van der Waals surface area (Å²) in [6.45, 7) is 6.65. The maximum Gasteiger partial charge on any atom is 0.374 e. The smallest absolute Gasteiger partial charge is 0.374 e. The number of fused-ring (bicyclic) bond motifs is 3. The van der Waals surface area contributed by atoms with Crippen molar-refractivity contribution in [2.24, 2.45) is 7.05 Å². The highest BCUT2D eigenvalue weighted by atomic mass is 16.3. The van der Waals surface area contributed by atoms with Crippen molar-refractivity contribution < 1.29 is 8.98 Å². The summed E-state index contributed by atoms with van der Waals surface area (Å²) < 4.78 is 10.5. The average molecular weight is 369 g/mol. The van der Waals surface area contributed by atoms with Gasteiger partial charge >= 0.3 is 6.85 Å². The molecule has 0 saturated heterocycles. The summed E-state index contributed by atoms with van der Waals surface area (Å²) in [5.41, 5.74) is 4.21. The van der Waals surface area contributed by atoms with E-state index in [9.17, 15) is 0 Å². The second-order valence-corrected chi connectivity index (χ2v) is 7.37. The van der Waals surface area contributed by atoms with Crippen LogP contribution in [0, 0.1) is 6.92 Å². The van der Waals surface area contributed by atoms with Gasteiger partial charge in [0, 0.05) is 30.0 Å². The number of para-hydroxylation sites is 1. The van der Waals surface area contributed by atoms with Crippen LogP contribution in [0.3, 0.4) is 0 Å². The number of benzene rings is 1. The first-order valence-corrected chi connectivity index (χ1v) is 9.54. The van der Waals surface area contributed by atoms with Crippen LogP contribution < -0.4 is 14.8 Å². The Morgan fingerprint density at radius 3 is 2.64 bits per heavy atom. The summed E-state index contributed by atoms with van der Waals surface area (Å²) in [6.07, 6.45) is 6.11. The quantitative estimate of drug-likeness (QED) is 0.401. The molecule has 0 saturated carbocycles. The van der Waals surface area contributed by atoms with Gasteiger partial charge in [-0.3, -0.25) is 0 Å². The largest absolute Gasteiger partial charge is 0.439 e. The van der Waals surface area contributed by atoms with E-state index in [-0.39, 0.29) is 6.85 Å². The molecule has 5 nitrogen and oxygen atoms in total. The fourth-order valence-corrected chi connectivity index (χ4v) is 4.28. The lowest BCUT2D eigenvalue weighted by molar-refractivity contribution is -0.664. The fourth-order valence-electron chi connectivity index (χ4n) is 4.28. The third-order valence-corrected chi connectivity index (χ3v) is 5.76. The molecule has 6 heteroatoms. The molecular weight excluding hydrogens is 347 g/mol. The molecule has 28 heavy (non-hydrogen) atoms. The van der Waals surface area contributed by atoms with E-state index in [1.807, 2.05) is 12.1 Å². The summed E-state index contributed by atoms with van der Waals surface area (Å²) in [6, 6.07) is 14.5. The Balaban J connectivity index is 1.67. The minimum Gasteiger partial charge on any atom is -0.439 e. The van der Waals surface area contributed by atoms with Gasteiger partial charge in [0.05, 0.1) is 12.7 Å². The number of allylic oxidation sites excluding steroid dienone is 1. The molecular formula is C22H22BN4O+. The van der Waals surface area contributed by atoms with Gasteiger partial charge in [-0.05, 0) is 38.0 Å². The SMILES string of the molecule is CB1c2c(oc3ncccc23)C=C(C)N1c1cn(-c2ccccc2)c(C)[n+]1C. The molecule has 0 N–H and O–H groups in total. The van der Waals surface area contributed by atoms with Crippen molar-refractivity contribution in [1.29, 1.82) is 0 Å². The number of hydrogen-bond donors (Lipinski definition) is 0. The highest BCUT2D eigenvalue weighted by molar-refractivity contribution is 6.79. The third-order valence-electron chi connectivity index (χ3n) is 5.76. The van der Waals surface area contributed by atoms with Crippen LogP contribution in [0.15, 0.2) is 65.0 Å². The lowest BCUT2D eigenvalue weighted by Crippen LogP contribution is -2.52. The molecule has 1 aromatic carbocycles. The van der Waals surface area contributed by atoms with Crippen LogP contribution in [0.25, 0.3) is 22.9 Å². The summed E-state index contributed by atoms with van der Waals surface area (Å²) in [5.74, 6) is 3.23. The van der Waals surface area contributed by atoms with Gasteiger partial charge in [0.15, 0.2) is 0 Å².